The molecule has 2 aliphatic rings. The lowest BCUT2D eigenvalue weighted by molar-refractivity contribution is -0.143. The van der Waals surface area contributed by atoms with Gasteiger partial charge in [-0.25, -0.2) is 0 Å². The van der Waals surface area contributed by atoms with Gasteiger partial charge in [0, 0.05) is 29.5 Å². The number of carbonyl (C=O) groups excluding carboxylic acids is 2. The normalized spacial score (nSPS) is 21.4. The average Bonchev–Trinajstić information content (AvgIpc) is 2.70. The number of nitrogens with one attached hydrogen (secondary N) is 2. The van der Waals surface area contributed by atoms with E-state index < -0.39 is 17.4 Å². The van der Waals surface area contributed by atoms with Gasteiger partial charge in [0.15, 0.2) is 0 Å². The molecule has 146 valence electrons. The zero-order valence-electron chi connectivity index (χ0n) is 15.3. The lowest BCUT2D eigenvalue weighted by Crippen LogP contribution is -2.56. The van der Waals surface area contributed by atoms with Gasteiger partial charge in [0.05, 0.1) is 18.9 Å². The highest BCUT2D eigenvalue weighted by atomic mass is 35.5. The molecular formula is C20H20ClN3O4. The van der Waals surface area contributed by atoms with E-state index in [-0.39, 0.29) is 0 Å². The number of hydrogen-bond donors (Lipinski definition) is 2. The minimum absolute atomic E-state index is 0.393. The number of morpholine rings is 1. The molecule has 0 aromatic heterocycles. The summed E-state index contributed by atoms with van der Waals surface area (Å²) in [5, 5.41) is 5.91. The molecule has 1 fully saturated rings. The van der Waals surface area contributed by atoms with E-state index in [2.05, 4.69) is 15.5 Å². The van der Waals surface area contributed by atoms with Crippen molar-refractivity contribution < 1.29 is 19.1 Å². The Hall–Kier alpha value is -2.77. The Kier molecular flexibility index (Phi) is 4.87. The molecule has 8 heteroatoms. The van der Waals surface area contributed by atoms with Crippen LogP contribution in [0.3, 0.4) is 0 Å². The summed E-state index contributed by atoms with van der Waals surface area (Å²) in [6.45, 7) is 4.52. The number of hydrogen-bond acceptors (Lipinski definition) is 5. The molecule has 1 unspecified atom stereocenters. The smallest absolute Gasteiger partial charge is 0.278 e. The largest absolute Gasteiger partial charge is 0.466 e. The minimum atomic E-state index is -1.69. The average molecular weight is 402 g/mol. The molecule has 28 heavy (non-hydrogen) atoms. The molecule has 2 amide bonds. The van der Waals surface area contributed by atoms with Crippen LogP contribution in [0.1, 0.15) is 6.92 Å². The molecule has 0 radical (unpaired) electrons. The van der Waals surface area contributed by atoms with Crippen molar-refractivity contribution in [2.45, 2.75) is 12.5 Å². The van der Waals surface area contributed by atoms with Crippen molar-refractivity contribution in [3.05, 3.63) is 47.5 Å². The number of nitrogens with zero attached hydrogens (tertiary/aromatic N) is 1. The van der Waals surface area contributed by atoms with E-state index in [1.54, 1.807) is 30.3 Å². The Bertz CT molecular complexity index is 912. The van der Waals surface area contributed by atoms with E-state index in [0.29, 0.717) is 35.4 Å². The number of fused-ring (bicyclic) bond motifs is 1. The van der Waals surface area contributed by atoms with E-state index in [1.807, 2.05) is 12.1 Å². The third-order valence-corrected chi connectivity index (χ3v) is 5.11. The zero-order valence-corrected chi connectivity index (χ0v) is 16.1. The molecule has 4 rings (SSSR count). The van der Waals surface area contributed by atoms with Crippen LogP contribution in [-0.2, 0) is 14.3 Å². The number of benzene rings is 2. The van der Waals surface area contributed by atoms with Crippen molar-refractivity contribution in [1.82, 2.24) is 0 Å². The molecule has 2 aliphatic heterocycles. The summed E-state index contributed by atoms with van der Waals surface area (Å²) in [7, 11) is 0. The molecule has 2 aromatic carbocycles. The molecule has 0 saturated carbocycles. The Balaban J connectivity index is 1.48. The predicted molar refractivity (Wildman–Crippen MR) is 107 cm³/mol. The van der Waals surface area contributed by atoms with Crippen molar-refractivity contribution >= 4 is 40.5 Å². The maximum absolute atomic E-state index is 12.8. The number of anilines is 3. The van der Waals surface area contributed by atoms with Crippen LogP contribution in [0.2, 0.25) is 5.02 Å². The number of ether oxygens (including phenoxy) is 2. The minimum Gasteiger partial charge on any atom is -0.466 e. The first kappa shape index (κ1) is 18.6. The van der Waals surface area contributed by atoms with Gasteiger partial charge >= 0.3 is 0 Å². The Labute approximate surface area is 167 Å². The summed E-state index contributed by atoms with van der Waals surface area (Å²) >= 11 is 5.94. The zero-order chi connectivity index (χ0) is 19.7. The number of halogens is 1. The van der Waals surface area contributed by atoms with Crippen molar-refractivity contribution in [3.8, 4) is 5.75 Å². The van der Waals surface area contributed by atoms with Gasteiger partial charge in [0.2, 0.25) is 0 Å². The van der Waals surface area contributed by atoms with Crippen molar-refractivity contribution in [3.63, 3.8) is 0 Å². The van der Waals surface area contributed by atoms with Crippen LogP contribution >= 0.6 is 11.6 Å². The van der Waals surface area contributed by atoms with E-state index in [9.17, 15) is 9.59 Å². The van der Waals surface area contributed by atoms with E-state index >= 15 is 0 Å². The van der Waals surface area contributed by atoms with Gasteiger partial charge in [0.1, 0.15) is 5.75 Å². The molecule has 0 aliphatic carbocycles. The van der Waals surface area contributed by atoms with Crippen LogP contribution in [0.4, 0.5) is 17.1 Å². The van der Waals surface area contributed by atoms with Crippen LogP contribution in [0.15, 0.2) is 42.5 Å². The molecule has 0 bridgehead atoms. The lowest BCUT2D eigenvalue weighted by Gasteiger charge is -2.33. The second-order valence-corrected chi connectivity index (χ2v) is 7.27. The molecule has 1 atom stereocenters. The van der Waals surface area contributed by atoms with Gasteiger partial charge in [-0.1, -0.05) is 11.6 Å². The Morgan fingerprint density at radius 3 is 2.61 bits per heavy atom. The predicted octanol–water partition coefficient (Wildman–Crippen LogP) is 2.90. The van der Waals surface area contributed by atoms with Crippen molar-refractivity contribution in [1.29, 1.82) is 0 Å². The fourth-order valence-electron chi connectivity index (χ4n) is 3.17. The highest BCUT2D eigenvalue weighted by Crippen LogP contribution is 2.36. The summed E-state index contributed by atoms with van der Waals surface area (Å²) in [4.78, 5) is 27.6. The molecule has 2 aromatic rings. The fourth-order valence-corrected chi connectivity index (χ4v) is 3.35. The molecule has 7 nitrogen and oxygen atoms in total. The first-order valence-corrected chi connectivity index (χ1v) is 9.38. The highest BCUT2D eigenvalue weighted by Gasteiger charge is 2.47. The maximum atomic E-state index is 12.8. The molecule has 2 heterocycles. The monoisotopic (exact) mass is 401 g/mol. The maximum Gasteiger partial charge on any atom is 0.278 e. The molecule has 1 saturated heterocycles. The summed E-state index contributed by atoms with van der Waals surface area (Å²) in [6, 6.07) is 12.3. The van der Waals surface area contributed by atoms with Gasteiger partial charge in [0.25, 0.3) is 17.4 Å². The van der Waals surface area contributed by atoms with Crippen LogP contribution in [0, 0.1) is 0 Å². The van der Waals surface area contributed by atoms with Crippen LogP contribution in [0.25, 0.3) is 0 Å². The van der Waals surface area contributed by atoms with Gasteiger partial charge in [-0.2, -0.15) is 0 Å². The first-order valence-electron chi connectivity index (χ1n) is 9.00. The standard InChI is InChI=1S/C20H20ClN3O4/c1-20(19(26)23-16-12-13(21)2-7-17(16)28-20)18(25)22-14-3-5-15(6-4-14)24-8-10-27-11-9-24/h2-7,12H,8-11H2,1H3,(H,22,25)(H,23,26). The van der Waals surface area contributed by atoms with E-state index in [0.717, 1.165) is 18.8 Å². The van der Waals surface area contributed by atoms with Gasteiger partial charge < -0.3 is 25.0 Å². The SMILES string of the molecule is CC1(C(=O)Nc2ccc(N3CCOCC3)cc2)Oc2ccc(Cl)cc2NC1=O. The van der Waals surface area contributed by atoms with Crippen LogP contribution < -0.4 is 20.3 Å². The Morgan fingerprint density at radius 1 is 1.18 bits per heavy atom. The lowest BCUT2D eigenvalue weighted by atomic mass is 10.0. The third-order valence-electron chi connectivity index (χ3n) is 4.87. The summed E-state index contributed by atoms with van der Waals surface area (Å²) in [5.41, 5.74) is 0.396. The number of amides is 2. The second-order valence-electron chi connectivity index (χ2n) is 6.83. The topological polar surface area (TPSA) is 79.9 Å². The fraction of sp³-hybridized carbons (Fsp3) is 0.300. The van der Waals surface area contributed by atoms with Crippen molar-refractivity contribution in [2.24, 2.45) is 0 Å². The van der Waals surface area contributed by atoms with Gasteiger partial charge in [-0.3, -0.25) is 9.59 Å². The van der Waals surface area contributed by atoms with Crippen LogP contribution in [-0.4, -0.2) is 43.7 Å². The highest BCUT2D eigenvalue weighted by molar-refractivity contribution is 6.31. The van der Waals surface area contributed by atoms with E-state index in [1.165, 1.54) is 6.92 Å². The molecule has 2 N–H and O–H groups in total. The van der Waals surface area contributed by atoms with Gasteiger partial charge in [-0.15, -0.1) is 0 Å². The Morgan fingerprint density at radius 2 is 1.89 bits per heavy atom. The quantitative estimate of drug-likeness (QED) is 0.773. The van der Waals surface area contributed by atoms with Crippen molar-refractivity contribution in [2.75, 3.05) is 41.8 Å². The summed E-state index contributed by atoms with van der Waals surface area (Å²) < 4.78 is 11.1. The first-order chi connectivity index (χ1) is 13.5. The summed E-state index contributed by atoms with van der Waals surface area (Å²) in [6.07, 6.45) is 0. The molecule has 0 spiro atoms. The van der Waals surface area contributed by atoms with Gasteiger partial charge in [-0.05, 0) is 49.4 Å². The number of carbonyl (C=O) groups is 2. The summed E-state index contributed by atoms with van der Waals surface area (Å²) in [5.74, 6) is -0.709. The third kappa shape index (κ3) is 3.50. The number of rotatable bonds is 3. The van der Waals surface area contributed by atoms with Crippen LogP contribution in [0.5, 0.6) is 5.75 Å². The van der Waals surface area contributed by atoms with E-state index in [4.69, 9.17) is 21.1 Å². The second kappa shape index (κ2) is 7.33. The molecular weight excluding hydrogens is 382 g/mol.